The fraction of sp³-hybridized carbons (Fsp3) is 0.208. The second kappa shape index (κ2) is 8.15. The van der Waals surface area contributed by atoms with Gasteiger partial charge >= 0.3 is 0 Å². The Labute approximate surface area is 181 Å². The summed E-state index contributed by atoms with van der Waals surface area (Å²) in [6.07, 6.45) is 1.41. The molecule has 1 amide bonds. The molecule has 31 heavy (non-hydrogen) atoms. The van der Waals surface area contributed by atoms with E-state index in [1.54, 1.807) is 18.2 Å². The van der Waals surface area contributed by atoms with E-state index in [1.807, 2.05) is 31.2 Å². The number of fused-ring (bicyclic) bond motifs is 1. The van der Waals surface area contributed by atoms with Crippen LogP contribution in [0.25, 0.3) is 0 Å². The molecule has 3 aromatic rings. The molecule has 0 spiro atoms. The average molecular weight is 439 g/mol. The Bertz CT molecular complexity index is 1220. The van der Waals surface area contributed by atoms with Gasteiger partial charge in [0, 0.05) is 17.3 Å². The highest BCUT2D eigenvalue weighted by atomic mass is 32.2. The van der Waals surface area contributed by atoms with Crippen LogP contribution < -0.4 is 9.62 Å². The summed E-state index contributed by atoms with van der Waals surface area (Å²) in [6, 6.07) is 17.2. The van der Waals surface area contributed by atoms with E-state index in [9.17, 15) is 17.6 Å². The van der Waals surface area contributed by atoms with Crippen LogP contribution in [0.5, 0.6) is 0 Å². The SMILES string of the molecule is CCc1ccc(NC(=O)c2ccc3c(c2)C[C@H](C)N3S(=O)(=O)c2ccc(F)cc2)cc1. The highest BCUT2D eigenvalue weighted by molar-refractivity contribution is 7.92. The van der Waals surface area contributed by atoms with Crippen LogP contribution in [-0.2, 0) is 22.9 Å². The number of halogens is 1. The third-order valence-corrected chi connectivity index (χ3v) is 7.43. The van der Waals surface area contributed by atoms with Crippen molar-refractivity contribution in [3.8, 4) is 0 Å². The Hall–Kier alpha value is -3.19. The lowest BCUT2D eigenvalue weighted by Gasteiger charge is -2.24. The molecule has 0 saturated carbocycles. The summed E-state index contributed by atoms with van der Waals surface area (Å²) >= 11 is 0. The molecule has 7 heteroatoms. The minimum Gasteiger partial charge on any atom is -0.322 e. The number of anilines is 2. The number of sulfonamides is 1. The smallest absolute Gasteiger partial charge is 0.264 e. The number of hydrogen-bond donors (Lipinski definition) is 1. The minimum absolute atomic E-state index is 0.0333. The topological polar surface area (TPSA) is 66.5 Å². The van der Waals surface area contributed by atoms with E-state index in [1.165, 1.54) is 22.0 Å². The van der Waals surface area contributed by atoms with Gasteiger partial charge in [0.25, 0.3) is 15.9 Å². The van der Waals surface area contributed by atoms with Gasteiger partial charge in [0.05, 0.1) is 10.6 Å². The molecule has 160 valence electrons. The lowest BCUT2D eigenvalue weighted by molar-refractivity contribution is 0.102. The number of carbonyl (C=O) groups excluding carboxylic acids is 1. The highest BCUT2D eigenvalue weighted by Crippen LogP contribution is 2.37. The number of nitrogens with zero attached hydrogens (tertiary/aromatic N) is 1. The van der Waals surface area contributed by atoms with Crippen molar-refractivity contribution < 1.29 is 17.6 Å². The number of rotatable bonds is 5. The van der Waals surface area contributed by atoms with Crippen LogP contribution in [0.4, 0.5) is 15.8 Å². The van der Waals surface area contributed by atoms with E-state index in [-0.39, 0.29) is 16.8 Å². The molecule has 0 aromatic heterocycles. The molecule has 3 aromatic carbocycles. The highest BCUT2D eigenvalue weighted by Gasteiger charge is 2.36. The zero-order valence-electron chi connectivity index (χ0n) is 17.3. The maximum Gasteiger partial charge on any atom is 0.264 e. The molecule has 1 atom stereocenters. The van der Waals surface area contributed by atoms with E-state index in [0.29, 0.717) is 23.4 Å². The third kappa shape index (κ3) is 4.05. The molecule has 0 aliphatic carbocycles. The molecule has 1 aliphatic heterocycles. The van der Waals surface area contributed by atoms with Crippen LogP contribution in [0.3, 0.4) is 0 Å². The molecule has 1 aliphatic rings. The largest absolute Gasteiger partial charge is 0.322 e. The average Bonchev–Trinajstić information content (AvgIpc) is 3.10. The van der Waals surface area contributed by atoms with Gasteiger partial charge in [0.15, 0.2) is 0 Å². The van der Waals surface area contributed by atoms with E-state index in [4.69, 9.17) is 0 Å². The Morgan fingerprint density at radius 2 is 1.74 bits per heavy atom. The first kappa shape index (κ1) is 21.1. The normalized spacial score (nSPS) is 15.6. The number of aryl methyl sites for hydroxylation is 1. The predicted octanol–water partition coefficient (Wildman–Crippen LogP) is 4.78. The molecule has 0 bridgehead atoms. The first-order valence-corrected chi connectivity index (χ1v) is 11.6. The minimum atomic E-state index is -3.84. The van der Waals surface area contributed by atoms with Crippen molar-refractivity contribution in [3.05, 3.63) is 89.2 Å². The number of nitrogens with one attached hydrogen (secondary N) is 1. The summed E-state index contributed by atoms with van der Waals surface area (Å²) in [5.41, 5.74) is 3.68. The van der Waals surface area contributed by atoms with E-state index in [0.717, 1.165) is 24.1 Å². The van der Waals surface area contributed by atoms with Gasteiger partial charge in [0.2, 0.25) is 0 Å². The Balaban J connectivity index is 1.60. The molecule has 1 heterocycles. The zero-order valence-corrected chi connectivity index (χ0v) is 18.1. The molecular weight excluding hydrogens is 415 g/mol. The van der Waals surface area contributed by atoms with Crippen LogP contribution in [-0.4, -0.2) is 20.4 Å². The number of benzene rings is 3. The van der Waals surface area contributed by atoms with Gasteiger partial charge in [-0.1, -0.05) is 19.1 Å². The molecule has 0 radical (unpaired) electrons. The van der Waals surface area contributed by atoms with E-state index in [2.05, 4.69) is 12.2 Å². The summed E-state index contributed by atoms with van der Waals surface area (Å²) in [4.78, 5) is 12.7. The second-order valence-corrected chi connectivity index (χ2v) is 9.47. The number of hydrogen-bond acceptors (Lipinski definition) is 3. The van der Waals surface area contributed by atoms with Crippen molar-refractivity contribution in [3.63, 3.8) is 0 Å². The maximum absolute atomic E-state index is 13.2. The molecule has 0 fully saturated rings. The van der Waals surface area contributed by atoms with Crippen molar-refractivity contribution in [2.45, 2.75) is 37.6 Å². The van der Waals surface area contributed by atoms with Crippen molar-refractivity contribution in [1.29, 1.82) is 0 Å². The fourth-order valence-corrected chi connectivity index (χ4v) is 5.55. The Kier molecular flexibility index (Phi) is 5.54. The number of amides is 1. The first-order chi connectivity index (χ1) is 14.8. The lowest BCUT2D eigenvalue weighted by atomic mass is 10.1. The monoisotopic (exact) mass is 438 g/mol. The van der Waals surface area contributed by atoms with E-state index >= 15 is 0 Å². The molecule has 5 nitrogen and oxygen atoms in total. The Morgan fingerprint density at radius 1 is 1.06 bits per heavy atom. The number of carbonyl (C=O) groups is 1. The summed E-state index contributed by atoms with van der Waals surface area (Å²) in [5, 5.41) is 2.88. The second-order valence-electron chi connectivity index (χ2n) is 7.66. The van der Waals surface area contributed by atoms with Crippen molar-refractivity contribution in [2.24, 2.45) is 0 Å². The van der Waals surface area contributed by atoms with Crippen LogP contribution in [0.1, 0.15) is 35.3 Å². The summed E-state index contributed by atoms with van der Waals surface area (Å²) < 4.78 is 40.9. The fourth-order valence-electron chi connectivity index (χ4n) is 3.86. The van der Waals surface area contributed by atoms with Gasteiger partial charge in [-0.25, -0.2) is 12.8 Å². The van der Waals surface area contributed by atoms with Gasteiger partial charge in [-0.3, -0.25) is 9.10 Å². The molecule has 1 N–H and O–H groups in total. The van der Waals surface area contributed by atoms with Crippen LogP contribution in [0, 0.1) is 5.82 Å². The van der Waals surface area contributed by atoms with Gasteiger partial charge in [0.1, 0.15) is 5.82 Å². The Morgan fingerprint density at radius 3 is 2.39 bits per heavy atom. The summed E-state index contributed by atoms with van der Waals surface area (Å²) in [5.74, 6) is -0.742. The lowest BCUT2D eigenvalue weighted by Crippen LogP contribution is -2.35. The van der Waals surface area contributed by atoms with Crippen molar-refractivity contribution in [1.82, 2.24) is 0 Å². The van der Waals surface area contributed by atoms with E-state index < -0.39 is 15.8 Å². The molecule has 4 rings (SSSR count). The van der Waals surface area contributed by atoms with Crippen LogP contribution >= 0.6 is 0 Å². The van der Waals surface area contributed by atoms with Crippen molar-refractivity contribution >= 4 is 27.3 Å². The van der Waals surface area contributed by atoms with Gasteiger partial charge in [-0.05, 0) is 85.5 Å². The summed E-state index contributed by atoms with van der Waals surface area (Å²) in [7, 11) is -3.84. The summed E-state index contributed by atoms with van der Waals surface area (Å²) in [6.45, 7) is 3.88. The molecule has 0 saturated heterocycles. The van der Waals surface area contributed by atoms with Crippen LogP contribution in [0.2, 0.25) is 0 Å². The molecule has 0 unspecified atom stereocenters. The predicted molar refractivity (Wildman–Crippen MR) is 119 cm³/mol. The zero-order chi connectivity index (χ0) is 22.2. The maximum atomic E-state index is 13.2. The van der Waals surface area contributed by atoms with Crippen LogP contribution in [0.15, 0.2) is 71.6 Å². The van der Waals surface area contributed by atoms with Gasteiger partial charge in [-0.15, -0.1) is 0 Å². The third-order valence-electron chi connectivity index (χ3n) is 5.49. The van der Waals surface area contributed by atoms with Crippen molar-refractivity contribution in [2.75, 3.05) is 9.62 Å². The standard InChI is InChI=1S/C24H23FN2O3S/c1-3-17-4-9-21(10-5-17)26-24(28)18-6-13-23-19(15-18)14-16(2)27(23)31(29,30)22-11-7-20(25)8-12-22/h4-13,15-16H,3,14H2,1-2H3,(H,26,28)/t16-/m0/s1. The molecular formula is C24H23FN2O3S. The first-order valence-electron chi connectivity index (χ1n) is 10.1. The van der Waals surface area contributed by atoms with Gasteiger partial charge < -0.3 is 5.32 Å². The quantitative estimate of drug-likeness (QED) is 0.623. The van der Waals surface area contributed by atoms with Gasteiger partial charge in [-0.2, -0.15) is 0 Å².